The van der Waals surface area contributed by atoms with Crippen molar-refractivity contribution in [3.63, 3.8) is 0 Å². The molecule has 0 fully saturated rings. The van der Waals surface area contributed by atoms with E-state index in [0.717, 1.165) is 0 Å². The minimum absolute atomic E-state index is 0.0700. The highest BCUT2D eigenvalue weighted by atomic mass is 35.5. The molecule has 0 amide bonds. The third-order valence-electron chi connectivity index (χ3n) is 3.28. The Balaban J connectivity index is 1.80. The number of H-pyrrole nitrogens is 1. The molecule has 0 spiro atoms. The summed E-state index contributed by atoms with van der Waals surface area (Å²) in [6.45, 7) is -0.0760. The highest BCUT2D eigenvalue weighted by molar-refractivity contribution is 7.89. The Kier molecular flexibility index (Phi) is 4.22. The van der Waals surface area contributed by atoms with Gasteiger partial charge in [-0.2, -0.15) is 0 Å². The monoisotopic (exact) mass is 366 g/mol. The van der Waals surface area contributed by atoms with Crippen LogP contribution in [-0.2, 0) is 16.6 Å². The fourth-order valence-corrected chi connectivity index (χ4v) is 3.22. The first-order valence-corrected chi connectivity index (χ1v) is 8.59. The molecule has 0 aliphatic heterocycles. The molecule has 0 saturated heterocycles. The average Bonchev–Trinajstić information content (AvgIpc) is 2.95. The Morgan fingerprint density at radius 3 is 2.58 bits per heavy atom. The zero-order valence-electron chi connectivity index (χ0n) is 12.1. The van der Waals surface area contributed by atoms with E-state index < -0.39 is 14.9 Å². The van der Waals surface area contributed by atoms with E-state index in [-0.39, 0.29) is 17.1 Å². The molecule has 3 rings (SSSR count). The fourth-order valence-electron chi connectivity index (χ4n) is 2.11. The molecule has 3 aromatic rings. The Bertz CT molecular complexity index is 1010. The van der Waals surface area contributed by atoms with Crippen LogP contribution < -0.4 is 4.72 Å². The van der Waals surface area contributed by atoms with Crippen LogP contribution in [0, 0.1) is 10.1 Å². The summed E-state index contributed by atoms with van der Waals surface area (Å²) >= 11 is 5.74. The Morgan fingerprint density at radius 2 is 1.92 bits per heavy atom. The minimum Gasteiger partial charge on any atom is -0.341 e. The Hall–Kier alpha value is -2.49. The van der Waals surface area contributed by atoms with Crippen LogP contribution in [0.15, 0.2) is 47.4 Å². The van der Waals surface area contributed by atoms with Gasteiger partial charge < -0.3 is 4.98 Å². The number of hydrogen-bond acceptors (Lipinski definition) is 5. The molecule has 8 nitrogen and oxygen atoms in total. The molecule has 0 radical (unpaired) electrons. The molecular weight excluding hydrogens is 356 g/mol. The second-order valence-electron chi connectivity index (χ2n) is 4.92. The third-order valence-corrected chi connectivity index (χ3v) is 4.95. The molecule has 10 heteroatoms. The van der Waals surface area contributed by atoms with Crippen LogP contribution in [0.1, 0.15) is 5.82 Å². The van der Waals surface area contributed by atoms with Crippen LogP contribution in [-0.4, -0.2) is 23.3 Å². The summed E-state index contributed by atoms with van der Waals surface area (Å²) in [5.41, 5.74) is 0.908. The molecule has 24 heavy (non-hydrogen) atoms. The number of imidazole rings is 1. The summed E-state index contributed by atoms with van der Waals surface area (Å²) in [4.78, 5) is 17.4. The van der Waals surface area contributed by atoms with Crippen LogP contribution >= 0.6 is 11.6 Å². The van der Waals surface area contributed by atoms with Gasteiger partial charge in [0.15, 0.2) is 0 Å². The molecule has 2 N–H and O–H groups in total. The van der Waals surface area contributed by atoms with E-state index in [9.17, 15) is 18.5 Å². The lowest BCUT2D eigenvalue weighted by Gasteiger charge is -2.05. The number of nitrogens with one attached hydrogen (secondary N) is 2. The SMILES string of the molecule is O=[N+]([O-])c1ccc2nc(CNS(=O)(=O)c3ccc(Cl)cc3)[nH]c2c1. The third kappa shape index (κ3) is 3.37. The quantitative estimate of drug-likeness (QED) is 0.531. The number of benzene rings is 2. The molecule has 2 aromatic carbocycles. The number of nitro groups is 1. The summed E-state index contributed by atoms with van der Waals surface area (Å²) < 4.78 is 26.8. The van der Waals surface area contributed by atoms with Crippen molar-refractivity contribution in [2.75, 3.05) is 0 Å². The summed E-state index contributed by atoms with van der Waals surface area (Å²) in [5, 5.41) is 11.2. The van der Waals surface area contributed by atoms with Gasteiger partial charge in [-0.25, -0.2) is 18.1 Å². The molecule has 0 saturated carbocycles. The van der Waals surface area contributed by atoms with Gasteiger partial charge in [-0.05, 0) is 30.3 Å². The highest BCUT2D eigenvalue weighted by Gasteiger charge is 2.15. The molecule has 0 aliphatic carbocycles. The standard InChI is InChI=1S/C14H11ClN4O4S/c15-9-1-4-11(5-2-9)24(22,23)16-8-14-17-12-6-3-10(19(20)21)7-13(12)18-14/h1-7,16H,8H2,(H,17,18). The first-order valence-electron chi connectivity index (χ1n) is 6.73. The largest absolute Gasteiger partial charge is 0.341 e. The van der Waals surface area contributed by atoms with Gasteiger partial charge in [-0.3, -0.25) is 10.1 Å². The van der Waals surface area contributed by atoms with Crippen LogP contribution in [0.25, 0.3) is 11.0 Å². The number of aromatic nitrogens is 2. The first-order chi connectivity index (χ1) is 11.3. The lowest BCUT2D eigenvalue weighted by atomic mass is 10.3. The Labute approximate surface area is 141 Å². The van der Waals surface area contributed by atoms with Crippen molar-refractivity contribution in [1.29, 1.82) is 0 Å². The number of halogens is 1. The fraction of sp³-hybridized carbons (Fsp3) is 0.0714. The van der Waals surface area contributed by atoms with Crippen molar-refractivity contribution in [3.05, 3.63) is 63.4 Å². The van der Waals surface area contributed by atoms with E-state index >= 15 is 0 Å². The molecule has 124 valence electrons. The molecule has 0 atom stereocenters. The highest BCUT2D eigenvalue weighted by Crippen LogP contribution is 2.19. The lowest BCUT2D eigenvalue weighted by molar-refractivity contribution is -0.384. The predicted molar refractivity (Wildman–Crippen MR) is 88.2 cm³/mol. The van der Waals surface area contributed by atoms with Gasteiger partial charge in [0, 0.05) is 17.2 Å². The number of fused-ring (bicyclic) bond motifs is 1. The predicted octanol–water partition coefficient (Wildman–Crippen LogP) is 2.60. The zero-order valence-corrected chi connectivity index (χ0v) is 13.6. The van der Waals surface area contributed by atoms with Gasteiger partial charge >= 0.3 is 0 Å². The van der Waals surface area contributed by atoms with Gasteiger partial charge in [-0.1, -0.05) is 11.6 Å². The smallest absolute Gasteiger partial charge is 0.271 e. The van der Waals surface area contributed by atoms with E-state index in [1.165, 1.54) is 42.5 Å². The van der Waals surface area contributed by atoms with Crippen molar-refractivity contribution >= 4 is 38.3 Å². The summed E-state index contributed by atoms with van der Waals surface area (Å²) in [5.74, 6) is 0.350. The van der Waals surface area contributed by atoms with E-state index in [1.807, 2.05) is 0 Å². The molecule has 1 heterocycles. The van der Waals surface area contributed by atoms with Crippen molar-refractivity contribution in [2.45, 2.75) is 11.4 Å². The molecule has 0 bridgehead atoms. The van der Waals surface area contributed by atoms with E-state index in [0.29, 0.717) is 21.9 Å². The number of non-ortho nitro benzene ring substituents is 1. The maximum absolute atomic E-state index is 12.2. The van der Waals surface area contributed by atoms with Gasteiger partial charge in [0.2, 0.25) is 10.0 Å². The number of hydrogen-bond donors (Lipinski definition) is 2. The molecule has 0 unspecified atom stereocenters. The lowest BCUT2D eigenvalue weighted by Crippen LogP contribution is -2.23. The van der Waals surface area contributed by atoms with E-state index in [2.05, 4.69) is 14.7 Å². The van der Waals surface area contributed by atoms with Gasteiger partial charge in [0.05, 0.1) is 27.4 Å². The number of sulfonamides is 1. The van der Waals surface area contributed by atoms with Gasteiger partial charge in [0.25, 0.3) is 5.69 Å². The molecular formula is C14H11ClN4O4S. The molecule has 0 aliphatic rings. The van der Waals surface area contributed by atoms with Crippen molar-refractivity contribution in [1.82, 2.24) is 14.7 Å². The summed E-state index contributed by atoms with van der Waals surface area (Å²) in [6, 6.07) is 9.94. The maximum Gasteiger partial charge on any atom is 0.271 e. The maximum atomic E-state index is 12.2. The van der Waals surface area contributed by atoms with Crippen molar-refractivity contribution in [2.24, 2.45) is 0 Å². The number of nitrogens with zero attached hydrogens (tertiary/aromatic N) is 2. The second kappa shape index (κ2) is 6.19. The Morgan fingerprint density at radius 1 is 1.21 bits per heavy atom. The van der Waals surface area contributed by atoms with Crippen LogP contribution in [0.5, 0.6) is 0 Å². The van der Waals surface area contributed by atoms with E-state index in [4.69, 9.17) is 11.6 Å². The topological polar surface area (TPSA) is 118 Å². The summed E-state index contributed by atoms with van der Waals surface area (Å²) in [7, 11) is -3.71. The summed E-state index contributed by atoms with van der Waals surface area (Å²) in [6.07, 6.45) is 0. The van der Waals surface area contributed by atoms with Gasteiger partial charge in [-0.15, -0.1) is 0 Å². The van der Waals surface area contributed by atoms with Crippen LogP contribution in [0.3, 0.4) is 0 Å². The van der Waals surface area contributed by atoms with Gasteiger partial charge in [0.1, 0.15) is 5.82 Å². The van der Waals surface area contributed by atoms with Crippen molar-refractivity contribution < 1.29 is 13.3 Å². The normalized spacial score (nSPS) is 11.7. The second-order valence-corrected chi connectivity index (χ2v) is 7.12. The zero-order chi connectivity index (χ0) is 17.3. The van der Waals surface area contributed by atoms with E-state index in [1.54, 1.807) is 0 Å². The van der Waals surface area contributed by atoms with Crippen LogP contribution in [0.4, 0.5) is 5.69 Å². The average molecular weight is 367 g/mol. The number of aromatic amines is 1. The minimum atomic E-state index is -3.71. The van der Waals surface area contributed by atoms with Crippen molar-refractivity contribution in [3.8, 4) is 0 Å². The number of nitro benzene ring substituents is 1. The first kappa shape index (κ1) is 16.4. The molecule has 1 aromatic heterocycles. The number of rotatable bonds is 5. The van der Waals surface area contributed by atoms with Crippen LogP contribution in [0.2, 0.25) is 5.02 Å².